The van der Waals surface area contributed by atoms with E-state index < -0.39 is 0 Å². The van der Waals surface area contributed by atoms with Gasteiger partial charge in [0.25, 0.3) is 0 Å². The number of benzene rings is 1. The topological polar surface area (TPSA) is 21.3 Å². The van der Waals surface area contributed by atoms with Crippen LogP contribution < -0.4 is 5.32 Å². The van der Waals surface area contributed by atoms with Crippen molar-refractivity contribution in [3.63, 3.8) is 0 Å². The lowest BCUT2D eigenvalue weighted by molar-refractivity contribution is 0.0613. The summed E-state index contributed by atoms with van der Waals surface area (Å²) in [5.41, 5.74) is 0.822. The molecule has 0 saturated carbocycles. The van der Waals surface area contributed by atoms with Crippen LogP contribution in [0.5, 0.6) is 0 Å². The molecule has 1 N–H and O–H groups in total. The summed E-state index contributed by atoms with van der Waals surface area (Å²) in [7, 11) is 0. The Labute approximate surface area is 120 Å². The second-order valence-corrected chi connectivity index (χ2v) is 5.38. The zero-order valence-corrected chi connectivity index (χ0v) is 12.6. The standard InChI is InChI=1S/C15H23ClFNO/c1-4-7-18-14(10-19-11(2)3)9-12-8-13(17)5-6-15(12)16/h5-6,8,11,14,18H,4,7,9-10H2,1-3H3. The third kappa shape index (κ3) is 6.37. The van der Waals surface area contributed by atoms with Crippen LogP contribution in [0.15, 0.2) is 18.2 Å². The zero-order valence-electron chi connectivity index (χ0n) is 11.9. The molecule has 0 heterocycles. The summed E-state index contributed by atoms with van der Waals surface area (Å²) in [4.78, 5) is 0. The van der Waals surface area contributed by atoms with Gasteiger partial charge < -0.3 is 10.1 Å². The van der Waals surface area contributed by atoms with E-state index in [4.69, 9.17) is 16.3 Å². The summed E-state index contributed by atoms with van der Waals surface area (Å²) in [6, 6.07) is 4.64. The molecular formula is C15H23ClFNO. The van der Waals surface area contributed by atoms with Crippen molar-refractivity contribution >= 4 is 11.6 Å². The van der Waals surface area contributed by atoms with Crippen LogP contribution in [0.25, 0.3) is 0 Å². The largest absolute Gasteiger partial charge is 0.377 e. The summed E-state index contributed by atoms with van der Waals surface area (Å²) < 4.78 is 18.9. The van der Waals surface area contributed by atoms with E-state index in [1.165, 1.54) is 12.1 Å². The number of hydrogen-bond donors (Lipinski definition) is 1. The molecule has 0 amide bonds. The van der Waals surface area contributed by atoms with Crippen LogP contribution in [0.2, 0.25) is 5.02 Å². The molecule has 1 aromatic rings. The van der Waals surface area contributed by atoms with Gasteiger partial charge in [-0.25, -0.2) is 4.39 Å². The molecule has 0 fully saturated rings. The lowest BCUT2D eigenvalue weighted by atomic mass is 10.1. The van der Waals surface area contributed by atoms with E-state index in [2.05, 4.69) is 12.2 Å². The fraction of sp³-hybridized carbons (Fsp3) is 0.600. The quantitative estimate of drug-likeness (QED) is 0.785. The van der Waals surface area contributed by atoms with Crippen molar-refractivity contribution in [1.29, 1.82) is 0 Å². The van der Waals surface area contributed by atoms with Crippen molar-refractivity contribution in [2.45, 2.75) is 45.8 Å². The van der Waals surface area contributed by atoms with Crippen LogP contribution in [0.1, 0.15) is 32.8 Å². The maximum absolute atomic E-state index is 13.3. The minimum absolute atomic E-state index is 0.154. The predicted molar refractivity (Wildman–Crippen MR) is 78.3 cm³/mol. The van der Waals surface area contributed by atoms with Gasteiger partial charge in [0.15, 0.2) is 0 Å². The van der Waals surface area contributed by atoms with Gasteiger partial charge in [0.05, 0.1) is 12.7 Å². The molecule has 0 aliphatic heterocycles. The van der Waals surface area contributed by atoms with Crippen molar-refractivity contribution in [3.05, 3.63) is 34.6 Å². The fourth-order valence-corrected chi connectivity index (χ4v) is 2.01. The van der Waals surface area contributed by atoms with Gasteiger partial charge in [-0.2, -0.15) is 0 Å². The molecule has 0 bridgehead atoms. The summed E-state index contributed by atoms with van der Waals surface area (Å²) >= 11 is 6.10. The Morgan fingerprint density at radius 1 is 1.37 bits per heavy atom. The van der Waals surface area contributed by atoms with Crippen LogP contribution in [0.4, 0.5) is 4.39 Å². The molecular weight excluding hydrogens is 265 g/mol. The number of hydrogen-bond acceptors (Lipinski definition) is 2. The minimum atomic E-state index is -0.251. The summed E-state index contributed by atoms with van der Waals surface area (Å²) in [6.07, 6.45) is 1.91. The van der Waals surface area contributed by atoms with Gasteiger partial charge in [-0.05, 0) is 57.0 Å². The molecule has 1 aromatic carbocycles. The SMILES string of the molecule is CCCNC(COC(C)C)Cc1cc(F)ccc1Cl. The Morgan fingerprint density at radius 3 is 2.74 bits per heavy atom. The van der Waals surface area contributed by atoms with E-state index in [9.17, 15) is 4.39 Å². The predicted octanol–water partition coefficient (Wildman–Crippen LogP) is 3.81. The van der Waals surface area contributed by atoms with Crippen LogP contribution in [-0.2, 0) is 11.2 Å². The van der Waals surface area contributed by atoms with Gasteiger partial charge in [0.1, 0.15) is 5.82 Å². The second-order valence-electron chi connectivity index (χ2n) is 4.97. The maximum atomic E-state index is 13.3. The Bertz CT molecular complexity index is 384. The summed E-state index contributed by atoms with van der Waals surface area (Å²) in [5.74, 6) is -0.251. The first-order chi connectivity index (χ1) is 9.02. The molecule has 0 spiro atoms. The lowest BCUT2D eigenvalue weighted by Crippen LogP contribution is -2.36. The highest BCUT2D eigenvalue weighted by molar-refractivity contribution is 6.31. The first kappa shape index (κ1) is 16.4. The van der Waals surface area contributed by atoms with E-state index in [0.717, 1.165) is 18.5 Å². The first-order valence-corrected chi connectivity index (χ1v) is 7.19. The third-order valence-electron chi connectivity index (χ3n) is 2.79. The minimum Gasteiger partial charge on any atom is -0.377 e. The highest BCUT2D eigenvalue weighted by Gasteiger charge is 2.13. The Kier molecular flexibility index (Phi) is 7.36. The third-order valence-corrected chi connectivity index (χ3v) is 3.16. The average molecular weight is 288 g/mol. The van der Waals surface area contributed by atoms with Crippen molar-refractivity contribution in [2.75, 3.05) is 13.2 Å². The number of ether oxygens (including phenoxy) is 1. The number of nitrogens with one attached hydrogen (secondary N) is 1. The molecule has 108 valence electrons. The second kappa shape index (κ2) is 8.51. The fourth-order valence-electron chi connectivity index (χ4n) is 1.81. The monoisotopic (exact) mass is 287 g/mol. The first-order valence-electron chi connectivity index (χ1n) is 6.81. The molecule has 1 unspecified atom stereocenters. The van der Waals surface area contributed by atoms with Crippen LogP contribution >= 0.6 is 11.6 Å². The number of halogens is 2. The Hall–Kier alpha value is -0.640. The van der Waals surface area contributed by atoms with Crippen molar-refractivity contribution in [3.8, 4) is 0 Å². The normalized spacial score (nSPS) is 12.9. The highest BCUT2D eigenvalue weighted by atomic mass is 35.5. The van der Waals surface area contributed by atoms with E-state index in [-0.39, 0.29) is 18.0 Å². The Morgan fingerprint density at radius 2 is 2.11 bits per heavy atom. The van der Waals surface area contributed by atoms with Gasteiger partial charge in [-0.1, -0.05) is 18.5 Å². The summed E-state index contributed by atoms with van der Waals surface area (Å²) in [5, 5.41) is 4.02. The molecule has 0 aliphatic rings. The molecule has 0 saturated heterocycles. The highest BCUT2D eigenvalue weighted by Crippen LogP contribution is 2.19. The molecule has 0 aromatic heterocycles. The van der Waals surface area contributed by atoms with E-state index in [1.54, 1.807) is 6.07 Å². The molecule has 0 radical (unpaired) electrons. The van der Waals surface area contributed by atoms with Gasteiger partial charge >= 0.3 is 0 Å². The molecule has 1 atom stereocenters. The van der Waals surface area contributed by atoms with Crippen molar-refractivity contribution < 1.29 is 9.13 Å². The van der Waals surface area contributed by atoms with Gasteiger partial charge in [-0.3, -0.25) is 0 Å². The van der Waals surface area contributed by atoms with Crippen LogP contribution in [-0.4, -0.2) is 25.3 Å². The van der Waals surface area contributed by atoms with E-state index in [0.29, 0.717) is 18.1 Å². The number of rotatable bonds is 8. The molecule has 2 nitrogen and oxygen atoms in total. The smallest absolute Gasteiger partial charge is 0.123 e. The van der Waals surface area contributed by atoms with Crippen molar-refractivity contribution in [1.82, 2.24) is 5.32 Å². The molecule has 4 heteroatoms. The van der Waals surface area contributed by atoms with Gasteiger partial charge in [0, 0.05) is 11.1 Å². The average Bonchev–Trinajstić information content (AvgIpc) is 2.36. The van der Waals surface area contributed by atoms with Crippen LogP contribution in [0, 0.1) is 5.82 Å². The van der Waals surface area contributed by atoms with Crippen molar-refractivity contribution in [2.24, 2.45) is 0 Å². The summed E-state index contributed by atoms with van der Waals surface area (Å²) in [6.45, 7) is 7.64. The lowest BCUT2D eigenvalue weighted by Gasteiger charge is -2.20. The van der Waals surface area contributed by atoms with Gasteiger partial charge in [-0.15, -0.1) is 0 Å². The van der Waals surface area contributed by atoms with Gasteiger partial charge in [0.2, 0.25) is 0 Å². The Balaban J connectivity index is 2.66. The molecule has 0 aliphatic carbocycles. The van der Waals surface area contributed by atoms with E-state index in [1.807, 2.05) is 13.8 Å². The van der Waals surface area contributed by atoms with Crippen LogP contribution in [0.3, 0.4) is 0 Å². The maximum Gasteiger partial charge on any atom is 0.123 e. The van der Waals surface area contributed by atoms with E-state index >= 15 is 0 Å². The molecule has 19 heavy (non-hydrogen) atoms. The molecule has 1 rings (SSSR count). The zero-order chi connectivity index (χ0) is 14.3.